The lowest BCUT2D eigenvalue weighted by Crippen LogP contribution is -2.31. The van der Waals surface area contributed by atoms with E-state index in [1.807, 2.05) is 30.3 Å². The molecule has 0 saturated carbocycles. The molecule has 0 aliphatic carbocycles. The summed E-state index contributed by atoms with van der Waals surface area (Å²) in [5.74, 6) is 0.473. The Morgan fingerprint density at radius 2 is 1.68 bits per heavy atom. The SMILES string of the molecule is CN(C(=O)COc1ccc(C(C)(C)O)cc1)c1ccccc1. The van der Waals surface area contributed by atoms with Gasteiger partial charge in [-0.15, -0.1) is 0 Å². The monoisotopic (exact) mass is 299 g/mol. The van der Waals surface area contributed by atoms with Crippen LogP contribution in [0.15, 0.2) is 54.6 Å². The fourth-order valence-electron chi connectivity index (χ4n) is 2.00. The van der Waals surface area contributed by atoms with Gasteiger partial charge in [0.15, 0.2) is 6.61 Å². The largest absolute Gasteiger partial charge is 0.484 e. The fraction of sp³-hybridized carbons (Fsp3) is 0.278. The van der Waals surface area contributed by atoms with E-state index in [-0.39, 0.29) is 12.5 Å². The molecule has 4 nitrogen and oxygen atoms in total. The average molecular weight is 299 g/mol. The number of hydrogen-bond acceptors (Lipinski definition) is 3. The number of nitrogens with zero attached hydrogens (tertiary/aromatic N) is 1. The van der Waals surface area contributed by atoms with Gasteiger partial charge in [0.1, 0.15) is 5.75 Å². The van der Waals surface area contributed by atoms with Gasteiger partial charge in [0, 0.05) is 12.7 Å². The quantitative estimate of drug-likeness (QED) is 0.923. The molecule has 2 aromatic carbocycles. The second-order valence-electron chi connectivity index (χ2n) is 5.66. The first kappa shape index (κ1) is 16.0. The Morgan fingerprint density at radius 3 is 2.23 bits per heavy atom. The van der Waals surface area contributed by atoms with Gasteiger partial charge in [0.05, 0.1) is 5.60 Å². The van der Waals surface area contributed by atoms with Crippen LogP contribution in [0.4, 0.5) is 5.69 Å². The predicted molar refractivity (Wildman–Crippen MR) is 87.0 cm³/mol. The van der Waals surface area contributed by atoms with Gasteiger partial charge in [-0.2, -0.15) is 0 Å². The van der Waals surface area contributed by atoms with E-state index in [0.29, 0.717) is 5.75 Å². The van der Waals surface area contributed by atoms with E-state index in [1.54, 1.807) is 50.1 Å². The van der Waals surface area contributed by atoms with Crippen LogP contribution in [0, 0.1) is 0 Å². The van der Waals surface area contributed by atoms with Crippen LogP contribution in [0.1, 0.15) is 19.4 Å². The van der Waals surface area contributed by atoms with Crippen molar-refractivity contribution in [3.63, 3.8) is 0 Å². The number of hydrogen-bond donors (Lipinski definition) is 1. The van der Waals surface area contributed by atoms with Crippen LogP contribution in [0.5, 0.6) is 5.75 Å². The van der Waals surface area contributed by atoms with E-state index in [9.17, 15) is 9.90 Å². The molecule has 0 spiro atoms. The highest BCUT2D eigenvalue weighted by Gasteiger charge is 2.16. The molecule has 0 fully saturated rings. The summed E-state index contributed by atoms with van der Waals surface area (Å²) in [4.78, 5) is 13.7. The summed E-state index contributed by atoms with van der Waals surface area (Å²) in [5, 5.41) is 9.90. The van der Waals surface area contributed by atoms with Crippen molar-refractivity contribution in [2.24, 2.45) is 0 Å². The molecule has 0 atom stereocenters. The van der Waals surface area contributed by atoms with Crippen molar-refractivity contribution in [1.29, 1.82) is 0 Å². The van der Waals surface area contributed by atoms with Crippen LogP contribution in [0.25, 0.3) is 0 Å². The molecule has 2 rings (SSSR count). The third-order valence-electron chi connectivity index (χ3n) is 3.44. The van der Waals surface area contributed by atoms with E-state index < -0.39 is 5.60 Å². The van der Waals surface area contributed by atoms with E-state index in [1.165, 1.54) is 0 Å². The van der Waals surface area contributed by atoms with Gasteiger partial charge < -0.3 is 14.7 Å². The fourth-order valence-corrected chi connectivity index (χ4v) is 2.00. The van der Waals surface area contributed by atoms with E-state index >= 15 is 0 Å². The number of likely N-dealkylation sites (N-methyl/N-ethyl adjacent to an activating group) is 1. The Balaban J connectivity index is 1.94. The maximum atomic E-state index is 12.1. The molecule has 0 bridgehead atoms. The number of carbonyl (C=O) groups is 1. The zero-order valence-electron chi connectivity index (χ0n) is 13.1. The molecule has 0 saturated heterocycles. The van der Waals surface area contributed by atoms with Crippen LogP contribution < -0.4 is 9.64 Å². The molecule has 0 aliphatic heterocycles. The van der Waals surface area contributed by atoms with Gasteiger partial charge in [0.2, 0.25) is 0 Å². The van der Waals surface area contributed by atoms with Crippen LogP contribution in [-0.2, 0) is 10.4 Å². The molecule has 0 aromatic heterocycles. The minimum atomic E-state index is -0.887. The van der Waals surface area contributed by atoms with Crippen LogP contribution >= 0.6 is 0 Å². The molecule has 0 radical (unpaired) electrons. The Hall–Kier alpha value is -2.33. The van der Waals surface area contributed by atoms with E-state index in [0.717, 1.165) is 11.3 Å². The molecule has 4 heteroatoms. The molecule has 0 aliphatic rings. The zero-order valence-corrected chi connectivity index (χ0v) is 13.1. The van der Waals surface area contributed by atoms with Crippen molar-refractivity contribution in [2.75, 3.05) is 18.6 Å². The molecular formula is C18H21NO3. The summed E-state index contributed by atoms with van der Waals surface area (Å²) in [6, 6.07) is 16.5. The number of amides is 1. The molecule has 0 heterocycles. The minimum absolute atomic E-state index is 0.0345. The van der Waals surface area contributed by atoms with Crippen molar-refractivity contribution in [1.82, 2.24) is 0 Å². The normalized spacial score (nSPS) is 11.1. The third kappa shape index (κ3) is 4.09. The second kappa shape index (κ2) is 6.62. The maximum absolute atomic E-state index is 12.1. The second-order valence-corrected chi connectivity index (χ2v) is 5.66. The predicted octanol–water partition coefficient (Wildman–Crippen LogP) is 2.96. The smallest absolute Gasteiger partial charge is 0.264 e. The van der Waals surface area contributed by atoms with Crippen LogP contribution in [0.2, 0.25) is 0 Å². The summed E-state index contributed by atoms with van der Waals surface area (Å²) in [6.45, 7) is 3.41. The van der Waals surface area contributed by atoms with Gasteiger partial charge in [-0.05, 0) is 43.7 Å². The van der Waals surface area contributed by atoms with Crippen molar-refractivity contribution >= 4 is 11.6 Å². The first-order chi connectivity index (χ1) is 10.4. The van der Waals surface area contributed by atoms with Gasteiger partial charge in [-0.1, -0.05) is 30.3 Å². The van der Waals surface area contributed by atoms with Crippen molar-refractivity contribution in [2.45, 2.75) is 19.4 Å². The van der Waals surface area contributed by atoms with Gasteiger partial charge in [0.25, 0.3) is 5.91 Å². The van der Waals surface area contributed by atoms with Crippen molar-refractivity contribution in [3.8, 4) is 5.75 Å². The molecule has 2 aromatic rings. The van der Waals surface area contributed by atoms with Crippen molar-refractivity contribution < 1.29 is 14.6 Å². The summed E-state index contributed by atoms with van der Waals surface area (Å²) in [6.07, 6.45) is 0. The number of aliphatic hydroxyl groups is 1. The summed E-state index contributed by atoms with van der Waals surface area (Å²) in [7, 11) is 1.72. The number of anilines is 1. The van der Waals surface area contributed by atoms with Crippen LogP contribution in [0.3, 0.4) is 0 Å². The summed E-state index contributed by atoms with van der Waals surface area (Å²) < 4.78 is 5.51. The topological polar surface area (TPSA) is 49.8 Å². The van der Waals surface area contributed by atoms with Crippen molar-refractivity contribution in [3.05, 3.63) is 60.2 Å². The van der Waals surface area contributed by atoms with Gasteiger partial charge >= 0.3 is 0 Å². The third-order valence-corrected chi connectivity index (χ3v) is 3.44. The lowest BCUT2D eigenvalue weighted by Gasteiger charge is -2.19. The molecule has 22 heavy (non-hydrogen) atoms. The minimum Gasteiger partial charge on any atom is -0.484 e. The Kier molecular flexibility index (Phi) is 4.83. The Labute approximate surface area is 131 Å². The number of rotatable bonds is 5. The molecular weight excluding hydrogens is 278 g/mol. The highest BCUT2D eigenvalue weighted by atomic mass is 16.5. The lowest BCUT2D eigenvalue weighted by atomic mass is 9.99. The molecule has 0 unspecified atom stereocenters. The van der Waals surface area contributed by atoms with Gasteiger partial charge in [-0.3, -0.25) is 4.79 Å². The molecule has 1 amide bonds. The molecule has 1 N–H and O–H groups in total. The standard InChI is InChI=1S/C18H21NO3/c1-18(2,21)14-9-11-16(12-10-14)22-13-17(20)19(3)15-7-5-4-6-8-15/h4-12,21H,13H2,1-3H3. The average Bonchev–Trinajstić information content (AvgIpc) is 2.52. The summed E-state index contributed by atoms with van der Waals surface area (Å²) in [5.41, 5.74) is 0.739. The van der Waals surface area contributed by atoms with E-state index in [2.05, 4.69) is 0 Å². The maximum Gasteiger partial charge on any atom is 0.264 e. The highest BCUT2D eigenvalue weighted by Crippen LogP contribution is 2.22. The number of carbonyl (C=O) groups excluding carboxylic acids is 1. The molecule has 116 valence electrons. The Morgan fingerprint density at radius 1 is 1.09 bits per heavy atom. The number of benzene rings is 2. The number of ether oxygens (including phenoxy) is 1. The number of para-hydroxylation sites is 1. The highest BCUT2D eigenvalue weighted by molar-refractivity contribution is 5.93. The Bertz CT molecular complexity index is 615. The zero-order chi connectivity index (χ0) is 16.2. The first-order valence-corrected chi connectivity index (χ1v) is 7.15. The van der Waals surface area contributed by atoms with E-state index in [4.69, 9.17) is 4.74 Å². The van der Waals surface area contributed by atoms with Gasteiger partial charge in [-0.25, -0.2) is 0 Å². The summed E-state index contributed by atoms with van der Waals surface area (Å²) >= 11 is 0. The first-order valence-electron chi connectivity index (χ1n) is 7.15. The lowest BCUT2D eigenvalue weighted by molar-refractivity contribution is -0.120. The van der Waals surface area contributed by atoms with Crippen LogP contribution in [-0.4, -0.2) is 24.7 Å².